The molecule has 0 N–H and O–H groups in total. The molecule has 1 rings (SSSR count). The lowest BCUT2D eigenvalue weighted by atomic mass is 9.66. The van der Waals surface area contributed by atoms with Gasteiger partial charge in [0.25, 0.3) is 0 Å². The molecule has 0 bridgehead atoms. The summed E-state index contributed by atoms with van der Waals surface area (Å²) in [6.45, 7) is 10.9. The molecule has 92 valence electrons. The average Bonchev–Trinajstić information content (AvgIpc) is 2.13. The molecule has 0 aliphatic heterocycles. The van der Waals surface area contributed by atoms with Gasteiger partial charge in [-0.15, -0.1) is 0 Å². The number of Topliss-reactive ketones (excluding diaryl/α,β-unsaturated/α-hetero) is 1. The average molecular weight is 222 g/mol. The Morgan fingerprint density at radius 2 is 2.06 bits per heavy atom. The maximum absolute atomic E-state index is 11.4. The van der Waals surface area contributed by atoms with E-state index in [-0.39, 0.29) is 0 Å². The van der Waals surface area contributed by atoms with Crippen molar-refractivity contribution in [2.24, 2.45) is 11.3 Å². The fourth-order valence-corrected chi connectivity index (χ4v) is 3.34. The SMILES string of the molecule is CCC(CC(C)=O)C1=C(C)CCCC1(C)C. The van der Waals surface area contributed by atoms with Crippen molar-refractivity contribution in [2.75, 3.05) is 0 Å². The fourth-order valence-electron chi connectivity index (χ4n) is 3.34. The molecule has 0 aromatic rings. The van der Waals surface area contributed by atoms with E-state index in [0.717, 1.165) is 12.8 Å². The number of hydrogen-bond acceptors (Lipinski definition) is 1. The normalized spacial score (nSPS) is 22.1. The molecule has 0 aromatic carbocycles. The van der Waals surface area contributed by atoms with Gasteiger partial charge in [-0.25, -0.2) is 0 Å². The van der Waals surface area contributed by atoms with Crippen molar-refractivity contribution in [1.29, 1.82) is 0 Å². The van der Waals surface area contributed by atoms with Crippen LogP contribution in [0.3, 0.4) is 0 Å². The minimum atomic E-state index is 0.304. The summed E-state index contributed by atoms with van der Waals surface area (Å²) in [5.41, 5.74) is 3.43. The zero-order chi connectivity index (χ0) is 12.3. The van der Waals surface area contributed by atoms with Gasteiger partial charge < -0.3 is 4.79 Å². The van der Waals surface area contributed by atoms with Crippen molar-refractivity contribution in [3.63, 3.8) is 0 Å². The van der Waals surface area contributed by atoms with Gasteiger partial charge in [-0.05, 0) is 50.9 Å². The summed E-state index contributed by atoms with van der Waals surface area (Å²) in [5.74, 6) is 0.807. The van der Waals surface area contributed by atoms with Crippen LogP contribution in [0.1, 0.15) is 66.7 Å². The van der Waals surface area contributed by atoms with Crippen molar-refractivity contribution < 1.29 is 4.79 Å². The summed E-state index contributed by atoms with van der Waals surface area (Å²) in [6.07, 6.45) is 5.63. The van der Waals surface area contributed by atoms with E-state index in [1.807, 2.05) is 0 Å². The van der Waals surface area contributed by atoms with E-state index in [0.29, 0.717) is 17.1 Å². The third-order valence-electron chi connectivity index (χ3n) is 3.98. The Balaban J connectivity index is 3.00. The molecule has 1 nitrogen and oxygen atoms in total. The third kappa shape index (κ3) is 2.96. The highest BCUT2D eigenvalue weighted by Crippen LogP contribution is 2.45. The van der Waals surface area contributed by atoms with E-state index in [1.165, 1.54) is 19.3 Å². The van der Waals surface area contributed by atoms with Crippen LogP contribution in [0.25, 0.3) is 0 Å². The molecule has 0 aromatic heterocycles. The Hall–Kier alpha value is -0.590. The highest BCUT2D eigenvalue weighted by Gasteiger charge is 2.32. The predicted molar refractivity (Wildman–Crippen MR) is 69.4 cm³/mol. The molecule has 0 amide bonds. The molecule has 0 fully saturated rings. The highest BCUT2D eigenvalue weighted by atomic mass is 16.1. The van der Waals surface area contributed by atoms with E-state index >= 15 is 0 Å². The number of rotatable bonds is 4. The molecule has 1 heteroatoms. The Morgan fingerprint density at radius 3 is 2.50 bits per heavy atom. The first-order valence-corrected chi connectivity index (χ1v) is 6.58. The molecule has 1 aliphatic carbocycles. The quantitative estimate of drug-likeness (QED) is 0.639. The highest BCUT2D eigenvalue weighted by molar-refractivity contribution is 5.76. The van der Waals surface area contributed by atoms with Crippen LogP contribution >= 0.6 is 0 Å². The smallest absolute Gasteiger partial charge is 0.130 e. The number of carbonyl (C=O) groups excluding carboxylic acids is 1. The van der Waals surface area contributed by atoms with E-state index in [1.54, 1.807) is 18.1 Å². The van der Waals surface area contributed by atoms with E-state index < -0.39 is 0 Å². The Bertz CT molecular complexity index is 297. The van der Waals surface area contributed by atoms with Crippen LogP contribution in [-0.4, -0.2) is 5.78 Å². The fraction of sp³-hybridized carbons (Fsp3) is 0.800. The Labute approximate surface area is 100 Å². The van der Waals surface area contributed by atoms with Gasteiger partial charge in [0.15, 0.2) is 0 Å². The summed E-state index contributed by atoms with van der Waals surface area (Å²) in [6, 6.07) is 0. The second kappa shape index (κ2) is 5.16. The van der Waals surface area contributed by atoms with Crippen molar-refractivity contribution in [3.05, 3.63) is 11.1 Å². The summed E-state index contributed by atoms with van der Waals surface area (Å²) in [7, 11) is 0. The summed E-state index contributed by atoms with van der Waals surface area (Å²) in [5, 5.41) is 0. The number of carbonyl (C=O) groups is 1. The van der Waals surface area contributed by atoms with Crippen LogP contribution in [0.4, 0.5) is 0 Å². The van der Waals surface area contributed by atoms with Crippen LogP contribution in [0.5, 0.6) is 0 Å². The maximum Gasteiger partial charge on any atom is 0.130 e. The first-order chi connectivity index (χ1) is 7.38. The van der Waals surface area contributed by atoms with Crippen LogP contribution in [-0.2, 0) is 4.79 Å². The number of hydrogen-bond donors (Lipinski definition) is 0. The standard InChI is InChI=1S/C15H26O/c1-6-13(10-12(3)16)14-11(2)8-7-9-15(14,4)5/h13H,6-10H2,1-5H3. The summed E-state index contributed by atoms with van der Waals surface area (Å²) >= 11 is 0. The molecule has 1 aliphatic rings. The molecular formula is C15H26O. The number of ketones is 1. The van der Waals surface area contributed by atoms with Gasteiger partial charge in [0.05, 0.1) is 0 Å². The van der Waals surface area contributed by atoms with Crippen molar-refractivity contribution in [3.8, 4) is 0 Å². The first kappa shape index (κ1) is 13.5. The second-order valence-corrected chi connectivity index (χ2v) is 5.94. The van der Waals surface area contributed by atoms with Gasteiger partial charge in [-0.2, -0.15) is 0 Å². The monoisotopic (exact) mass is 222 g/mol. The van der Waals surface area contributed by atoms with Crippen molar-refractivity contribution in [1.82, 2.24) is 0 Å². The van der Waals surface area contributed by atoms with E-state index in [2.05, 4.69) is 27.7 Å². The topological polar surface area (TPSA) is 17.1 Å². The zero-order valence-electron chi connectivity index (χ0n) is 11.5. The second-order valence-electron chi connectivity index (χ2n) is 5.94. The lowest BCUT2D eigenvalue weighted by Gasteiger charge is -2.38. The molecule has 0 saturated carbocycles. The lowest BCUT2D eigenvalue weighted by Crippen LogP contribution is -2.26. The molecule has 16 heavy (non-hydrogen) atoms. The molecule has 1 atom stereocenters. The lowest BCUT2D eigenvalue weighted by molar-refractivity contribution is -0.117. The zero-order valence-corrected chi connectivity index (χ0v) is 11.5. The van der Waals surface area contributed by atoms with Gasteiger partial charge in [-0.1, -0.05) is 31.9 Å². The van der Waals surface area contributed by atoms with Crippen molar-refractivity contribution in [2.45, 2.75) is 66.7 Å². The van der Waals surface area contributed by atoms with E-state index in [9.17, 15) is 4.79 Å². The largest absolute Gasteiger partial charge is 0.300 e. The third-order valence-corrected chi connectivity index (χ3v) is 3.98. The van der Waals surface area contributed by atoms with Gasteiger partial charge >= 0.3 is 0 Å². The molecule has 0 saturated heterocycles. The molecule has 0 spiro atoms. The van der Waals surface area contributed by atoms with Crippen LogP contribution in [0.15, 0.2) is 11.1 Å². The molecule has 1 unspecified atom stereocenters. The van der Waals surface area contributed by atoms with E-state index in [4.69, 9.17) is 0 Å². The van der Waals surface area contributed by atoms with Gasteiger partial charge in [0, 0.05) is 6.42 Å². The minimum absolute atomic E-state index is 0.304. The maximum atomic E-state index is 11.4. The predicted octanol–water partition coefficient (Wildman–Crippen LogP) is 4.52. The van der Waals surface area contributed by atoms with Gasteiger partial charge in [-0.3, -0.25) is 0 Å². The summed E-state index contributed by atoms with van der Waals surface area (Å²) < 4.78 is 0. The van der Waals surface area contributed by atoms with Crippen LogP contribution in [0.2, 0.25) is 0 Å². The molecular weight excluding hydrogens is 196 g/mol. The Morgan fingerprint density at radius 1 is 1.44 bits per heavy atom. The minimum Gasteiger partial charge on any atom is -0.300 e. The number of allylic oxidation sites excluding steroid dienone is 2. The molecule has 0 radical (unpaired) electrons. The van der Waals surface area contributed by atoms with Gasteiger partial charge in [0.1, 0.15) is 5.78 Å². The van der Waals surface area contributed by atoms with Crippen LogP contribution in [0, 0.1) is 11.3 Å². The Kier molecular flexibility index (Phi) is 4.35. The summed E-state index contributed by atoms with van der Waals surface area (Å²) in [4.78, 5) is 11.4. The van der Waals surface area contributed by atoms with Crippen molar-refractivity contribution >= 4 is 5.78 Å². The first-order valence-electron chi connectivity index (χ1n) is 6.58. The molecule has 0 heterocycles. The van der Waals surface area contributed by atoms with Crippen LogP contribution < -0.4 is 0 Å². The van der Waals surface area contributed by atoms with Gasteiger partial charge in [0.2, 0.25) is 0 Å².